The number of hydrogen-bond donors (Lipinski definition) is 3. The topological polar surface area (TPSA) is 127 Å². The van der Waals surface area contributed by atoms with Crippen LogP contribution < -0.4 is 11.1 Å². The van der Waals surface area contributed by atoms with E-state index in [0.717, 1.165) is 5.69 Å². The smallest absolute Gasteiger partial charge is 0.277 e. The number of thiazole rings is 1. The first kappa shape index (κ1) is 14.9. The monoisotopic (exact) mass is 328 g/mol. The van der Waals surface area contributed by atoms with Crippen LogP contribution in [0.1, 0.15) is 26.7 Å². The molecule has 23 heavy (non-hydrogen) atoms. The summed E-state index contributed by atoms with van der Waals surface area (Å²) in [5.41, 5.74) is 7.78. The van der Waals surface area contributed by atoms with Gasteiger partial charge in [-0.15, -0.1) is 11.3 Å². The van der Waals surface area contributed by atoms with E-state index in [0.29, 0.717) is 22.1 Å². The summed E-state index contributed by atoms with van der Waals surface area (Å²) in [5.74, 6) is -0.928. The van der Waals surface area contributed by atoms with Crippen molar-refractivity contribution in [3.05, 3.63) is 47.1 Å². The number of aromatic amines is 1. The number of anilines is 1. The van der Waals surface area contributed by atoms with E-state index in [1.54, 1.807) is 24.6 Å². The standard InChI is InChI=1S/C14H12N6O2S/c1-7-3-17-10(5-16-7)13(22)20-14-19-11(6-23-14)8-2-9(12(15)21)18-4-8/h2-6,18H,1H3,(H2,15,21)(H,19,20,22). The molecule has 116 valence electrons. The third-order valence-corrected chi connectivity index (χ3v) is 3.74. The molecule has 0 radical (unpaired) electrons. The number of nitrogens with zero attached hydrogens (tertiary/aromatic N) is 3. The number of rotatable bonds is 4. The number of aromatic nitrogens is 4. The van der Waals surface area contributed by atoms with Gasteiger partial charge in [-0.2, -0.15) is 0 Å². The molecule has 0 bridgehead atoms. The van der Waals surface area contributed by atoms with Crippen molar-refractivity contribution < 1.29 is 9.59 Å². The van der Waals surface area contributed by atoms with Gasteiger partial charge in [0, 0.05) is 23.3 Å². The Labute approximate surface area is 134 Å². The largest absolute Gasteiger partial charge is 0.364 e. The zero-order valence-electron chi connectivity index (χ0n) is 12.0. The van der Waals surface area contributed by atoms with Gasteiger partial charge in [-0.3, -0.25) is 19.9 Å². The third kappa shape index (κ3) is 3.24. The fourth-order valence-electron chi connectivity index (χ4n) is 1.82. The molecule has 9 heteroatoms. The van der Waals surface area contributed by atoms with Gasteiger partial charge in [0.1, 0.15) is 11.4 Å². The van der Waals surface area contributed by atoms with E-state index in [-0.39, 0.29) is 11.6 Å². The van der Waals surface area contributed by atoms with Crippen molar-refractivity contribution in [1.82, 2.24) is 19.9 Å². The normalized spacial score (nSPS) is 10.5. The van der Waals surface area contributed by atoms with Gasteiger partial charge in [0.15, 0.2) is 5.13 Å². The van der Waals surface area contributed by atoms with E-state index >= 15 is 0 Å². The highest BCUT2D eigenvalue weighted by molar-refractivity contribution is 7.14. The SMILES string of the molecule is Cc1cnc(C(=O)Nc2nc(-c3c[nH]c(C(N)=O)c3)cs2)cn1. The van der Waals surface area contributed by atoms with Crippen LogP contribution in [0, 0.1) is 6.92 Å². The van der Waals surface area contributed by atoms with Crippen molar-refractivity contribution in [2.75, 3.05) is 5.32 Å². The molecule has 0 unspecified atom stereocenters. The van der Waals surface area contributed by atoms with Crippen LogP contribution >= 0.6 is 11.3 Å². The van der Waals surface area contributed by atoms with E-state index in [2.05, 4.69) is 25.3 Å². The van der Waals surface area contributed by atoms with E-state index in [4.69, 9.17) is 5.73 Å². The molecule has 0 atom stereocenters. The van der Waals surface area contributed by atoms with Crippen LogP contribution in [0.15, 0.2) is 30.0 Å². The average molecular weight is 328 g/mol. The van der Waals surface area contributed by atoms with Crippen LogP contribution in [0.4, 0.5) is 5.13 Å². The molecule has 0 saturated carbocycles. The van der Waals surface area contributed by atoms with Crippen LogP contribution in [-0.4, -0.2) is 31.8 Å². The maximum absolute atomic E-state index is 12.1. The molecule has 8 nitrogen and oxygen atoms in total. The molecule has 0 aliphatic rings. The second kappa shape index (κ2) is 5.97. The lowest BCUT2D eigenvalue weighted by Gasteiger charge is -2.00. The molecule has 4 N–H and O–H groups in total. The van der Waals surface area contributed by atoms with Crippen LogP contribution in [0.2, 0.25) is 0 Å². The molecule has 0 aromatic carbocycles. The molecule has 2 amide bonds. The molecule has 0 saturated heterocycles. The average Bonchev–Trinajstić information content (AvgIpc) is 3.16. The van der Waals surface area contributed by atoms with Gasteiger partial charge in [-0.05, 0) is 13.0 Å². The van der Waals surface area contributed by atoms with Crippen LogP contribution in [0.25, 0.3) is 11.3 Å². The number of primary amides is 1. The number of amides is 2. The van der Waals surface area contributed by atoms with E-state index in [9.17, 15) is 9.59 Å². The van der Waals surface area contributed by atoms with Crippen molar-refractivity contribution in [3.63, 3.8) is 0 Å². The Balaban J connectivity index is 1.75. The van der Waals surface area contributed by atoms with E-state index in [1.165, 1.54) is 23.7 Å². The Morgan fingerprint density at radius 1 is 1.30 bits per heavy atom. The molecule has 3 aromatic heterocycles. The molecular formula is C14H12N6O2S. The predicted octanol–water partition coefficient (Wildman–Crippen LogP) is 1.59. The molecule has 0 spiro atoms. The summed E-state index contributed by atoms with van der Waals surface area (Å²) >= 11 is 1.27. The van der Waals surface area contributed by atoms with E-state index in [1.807, 2.05) is 0 Å². The molecule has 3 aromatic rings. The maximum atomic E-state index is 12.1. The van der Waals surface area contributed by atoms with Crippen molar-refractivity contribution >= 4 is 28.3 Å². The number of nitrogens with two attached hydrogens (primary N) is 1. The van der Waals surface area contributed by atoms with E-state index < -0.39 is 5.91 Å². The molecule has 0 fully saturated rings. The molecule has 0 aliphatic carbocycles. The van der Waals surface area contributed by atoms with Gasteiger partial charge in [0.05, 0.1) is 17.6 Å². The van der Waals surface area contributed by atoms with Crippen molar-refractivity contribution in [1.29, 1.82) is 0 Å². The van der Waals surface area contributed by atoms with Gasteiger partial charge in [-0.1, -0.05) is 0 Å². The summed E-state index contributed by atoms with van der Waals surface area (Å²) in [4.78, 5) is 38.2. The molecule has 0 aliphatic heterocycles. The summed E-state index contributed by atoms with van der Waals surface area (Å²) in [6, 6.07) is 1.61. The minimum atomic E-state index is -0.544. The van der Waals surface area contributed by atoms with Gasteiger partial charge in [-0.25, -0.2) is 9.97 Å². The summed E-state index contributed by atoms with van der Waals surface area (Å²) < 4.78 is 0. The lowest BCUT2D eigenvalue weighted by molar-refractivity contribution is 0.0993. The first-order valence-electron chi connectivity index (χ1n) is 6.57. The van der Waals surface area contributed by atoms with Gasteiger partial charge in [0.25, 0.3) is 11.8 Å². The second-order valence-corrected chi connectivity index (χ2v) is 5.56. The number of hydrogen-bond acceptors (Lipinski definition) is 6. The molecular weight excluding hydrogens is 316 g/mol. The fraction of sp³-hybridized carbons (Fsp3) is 0.0714. The quantitative estimate of drug-likeness (QED) is 0.670. The Bertz CT molecular complexity index is 868. The molecule has 3 rings (SSSR count). The Morgan fingerprint density at radius 3 is 2.78 bits per heavy atom. The lowest BCUT2D eigenvalue weighted by Crippen LogP contribution is -2.13. The lowest BCUT2D eigenvalue weighted by atomic mass is 10.2. The Morgan fingerprint density at radius 2 is 2.13 bits per heavy atom. The highest BCUT2D eigenvalue weighted by atomic mass is 32.1. The maximum Gasteiger partial charge on any atom is 0.277 e. The minimum absolute atomic E-state index is 0.213. The predicted molar refractivity (Wildman–Crippen MR) is 85.1 cm³/mol. The number of aryl methyl sites for hydroxylation is 1. The number of nitrogens with one attached hydrogen (secondary N) is 2. The zero-order valence-corrected chi connectivity index (χ0v) is 12.8. The van der Waals surface area contributed by atoms with Crippen LogP contribution in [0.3, 0.4) is 0 Å². The number of carbonyl (C=O) groups is 2. The van der Waals surface area contributed by atoms with Gasteiger partial charge < -0.3 is 10.7 Å². The Hall–Kier alpha value is -3.07. The number of carbonyl (C=O) groups excluding carboxylic acids is 2. The van der Waals surface area contributed by atoms with Crippen molar-refractivity contribution in [2.24, 2.45) is 5.73 Å². The highest BCUT2D eigenvalue weighted by Crippen LogP contribution is 2.25. The fourth-order valence-corrected chi connectivity index (χ4v) is 2.53. The first-order chi connectivity index (χ1) is 11.0. The summed E-state index contributed by atoms with van der Waals surface area (Å²) in [5, 5.41) is 4.85. The highest BCUT2D eigenvalue weighted by Gasteiger charge is 2.13. The van der Waals surface area contributed by atoms with Crippen LogP contribution in [-0.2, 0) is 0 Å². The van der Waals surface area contributed by atoms with Crippen molar-refractivity contribution in [3.8, 4) is 11.3 Å². The van der Waals surface area contributed by atoms with Gasteiger partial charge >= 0.3 is 0 Å². The van der Waals surface area contributed by atoms with Crippen LogP contribution in [0.5, 0.6) is 0 Å². The third-order valence-electron chi connectivity index (χ3n) is 2.98. The van der Waals surface area contributed by atoms with Crippen molar-refractivity contribution in [2.45, 2.75) is 6.92 Å². The second-order valence-electron chi connectivity index (χ2n) is 4.70. The Kier molecular flexibility index (Phi) is 3.85. The summed E-state index contributed by atoms with van der Waals surface area (Å²) in [6.07, 6.45) is 4.56. The number of H-pyrrole nitrogens is 1. The van der Waals surface area contributed by atoms with Gasteiger partial charge in [0.2, 0.25) is 0 Å². The summed E-state index contributed by atoms with van der Waals surface area (Å²) in [6.45, 7) is 1.79. The first-order valence-corrected chi connectivity index (χ1v) is 7.45. The molecule has 3 heterocycles. The minimum Gasteiger partial charge on any atom is -0.364 e. The summed E-state index contributed by atoms with van der Waals surface area (Å²) in [7, 11) is 0. The zero-order chi connectivity index (χ0) is 16.4.